The van der Waals surface area contributed by atoms with Gasteiger partial charge in [0.05, 0.1) is 13.2 Å². The standard InChI is InChI=1S/C16H33NO3/c1-12(2)9-8-10-20-14(5)11-16(6,15(18)19-7)17-13(3)4/h12-14,17H,8-11H2,1-7H3. The molecule has 0 aliphatic heterocycles. The van der Waals surface area contributed by atoms with Crippen molar-refractivity contribution in [2.75, 3.05) is 13.7 Å². The van der Waals surface area contributed by atoms with Crippen molar-refractivity contribution in [3.63, 3.8) is 0 Å². The highest BCUT2D eigenvalue weighted by Gasteiger charge is 2.36. The van der Waals surface area contributed by atoms with E-state index < -0.39 is 5.54 Å². The number of carbonyl (C=O) groups excluding carboxylic acids is 1. The van der Waals surface area contributed by atoms with E-state index in [9.17, 15) is 4.79 Å². The van der Waals surface area contributed by atoms with Crippen molar-refractivity contribution >= 4 is 5.97 Å². The molecule has 0 saturated carbocycles. The van der Waals surface area contributed by atoms with Gasteiger partial charge in [0.15, 0.2) is 0 Å². The van der Waals surface area contributed by atoms with Crippen molar-refractivity contribution < 1.29 is 14.3 Å². The number of hydrogen-bond donors (Lipinski definition) is 1. The highest BCUT2D eigenvalue weighted by molar-refractivity contribution is 5.80. The summed E-state index contributed by atoms with van der Waals surface area (Å²) in [6.07, 6.45) is 2.87. The lowest BCUT2D eigenvalue weighted by atomic mass is 9.93. The van der Waals surface area contributed by atoms with E-state index in [-0.39, 0.29) is 18.1 Å². The Hall–Kier alpha value is -0.610. The van der Waals surface area contributed by atoms with E-state index in [1.165, 1.54) is 13.5 Å². The molecule has 0 saturated heterocycles. The van der Waals surface area contributed by atoms with E-state index in [0.29, 0.717) is 12.3 Å². The molecular formula is C16H33NO3. The maximum Gasteiger partial charge on any atom is 0.325 e. The molecule has 0 heterocycles. The first-order valence-corrected chi connectivity index (χ1v) is 7.69. The molecule has 0 radical (unpaired) electrons. The average molecular weight is 287 g/mol. The SMILES string of the molecule is COC(=O)C(C)(CC(C)OCCCC(C)C)NC(C)C. The van der Waals surface area contributed by atoms with Crippen LogP contribution in [-0.2, 0) is 14.3 Å². The highest BCUT2D eigenvalue weighted by atomic mass is 16.5. The van der Waals surface area contributed by atoms with Crippen LogP contribution in [0.1, 0.15) is 60.8 Å². The minimum absolute atomic E-state index is 0.0255. The van der Waals surface area contributed by atoms with Crippen LogP contribution in [0, 0.1) is 5.92 Å². The zero-order valence-corrected chi connectivity index (χ0v) is 14.3. The van der Waals surface area contributed by atoms with Gasteiger partial charge < -0.3 is 9.47 Å². The summed E-state index contributed by atoms with van der Waals surface area (Å²) >= 11 is 0. The smallest absolute Gasteiger partial charge is 0.325 e. The van der Waals surface area contributed by atoms with Crippen molar-refractivity contribution in [3.05, 3.63) is 0 Å². The molecular weight excluding hydrogens is 254 g/mol. The molecule has 0 spiro atoms. The Kier molecular flexibility index (Phi) is 9.06. The Balaban J connectivity index is 4.32. The Morgan fingerprint density at radius 1 is 1.20 bits per heavy atom. The molecule has 2 unspecified atom stereocenters. The number of esters is 1. The third-order valence-corrected chi connectivity index (χ3v) is 3.27. The lowest BCUT2D eigenvalue weighted by molar-refractivity contribution is -0.150. The van der Waals surface area contributed by atoms with Crippen LogP contribution in [0.3, 0.4) is 0 Å². The fraction of sp³-hybridized carbons (Fsp3) is 0.938. The van der Waals surface area contributed by atoms with Gasteiger partial charge in [-0.2, -0.15) is 0 Å². The van der Waals surface area contributed by atoms with E-state index in [4.69, 9.17) is 9.47 Å². The quantitative estimate of drug-likeness (QED) is 0.495. The van der Waals surface area contributed by atoms with Crippen molar-refractivity contribution in [3.8, 4) is 0 Å². The van der Waals surface area contributed by atoms with Crippen molar-refractivity contribution in [1.82, 2.24) is 5.32 Å². The van der Waals surface area contributed by atoms with Crippen LogP contribution in [0.4, 0.5) is 0 Å². The van der Waals surface area contributed by atoms with E-state index in [1.54, 1.807) is 0 Å². The second-order valence-corrected chi connectivity index (χ2v) is 6.54. The molecule has 0 rings (SSSR count). The van der Waals surface area contributed by atoms with Gasteiger partial charge in [-0.25, -0.2) is 0 Å². The molecule has 0 aliphatic carbocycles. The third kappa shape index (κ3) is 7.85. The molecule has 120 valence electrons. The average Bonchev–Trinajstić information content (AvgIpc) is 2.32. The van der Waals surface area contributed by atoms with Crippen LogP contribution in [0.25, 0.3) is 0 Å². The second kappa shape index (κ2) is 9.35. The maximum atomic E-state index is 12.0. The van der Waals surface area contributed by atoms with E-state index in [1.807, 2.05) is 27.7 Å². The van der Waals surface area contributed by atoms with Gasteiger partial charge >= 0.3 is 5.97 Å². The normalized spacial score (nSPS) is 16.2. The second-order valence-electron chi connectivity index (χ2n) is 6.54. The van der Waals surface area contributed by atoms with E-state index in [0.717, 1.165) is 13.0 Å². The molecule has 2 atom stereocenters. The molecule has 0 amide bonds. The molecule has 4 heteroatoms. The monoisotopic (exact) mass is 287 g/mol. The van der Waals surface area contributed by atoms with Gasteiger partial charge in [-0.1, -0.05) is 13.8 Å². The minimum Gasteiger partial charge on any atom is -0.468 e. The van der Waals surface area contributed by atoms with Crippen molar-refractivity contribution in [2.45, 2.75) is 78.5 Å². The van der Waals surface area contributed by atoms with Gasteiger partial charge in [-0.05, 0) is 46.5 Å². The molecule has 0 bridgehead atoms. The molecule has 0 aromatic rings. The number of methoxy groups -OCH3 is 1. The van der Waals surface area contributed by atoms with Gasteiger partial charge in [0.25, 0.3) is 0 Å². The van der Waals surface area contributed by atoms with Gasteiger partial charge in [0.1, 0.15) is 5.54 Å². The van der Waals surface area contributed by atoms with Crippen LogP contribution in [0.15, 0.2) is 0 Å². The van der Waals surface area contributed by atoms with Crippen LogP contribution >= 0.6 is 0 Å². The zero-order chi connectivity index (χ0) is 15.8. The molecule has 0 aromatic carbocycles. The number of ether oxygens (including phenoxy) is 2. The van der Waals surface area contributed by atoms with Crippen LogP contribution in [0.5, 0.6) is 0 Å². The topological polar surface area (TPSA) is 47.6 Å². The molecule has 1 N–H and O–H groups in total. The first-order chi connectivity index (χ1) is 9.21. The minimum atomic E-state index is -0.694. The molecule has 0 aliphatic rings. The van der Waals surface area contributed by atoms with E-state index in [2.05, 4.69) is 19.2 Å². The summed E-state index contributed by atoms with van der Waals surface area (Å²) in [5, 5.41) is 3.29. The van der Waals surface area contributed by atoms with Crippen LogP contribution in [0.2, 0.25) is 0 Å². The third-order valence-electron chi connectivity index (χ3n) is 3.27. The predicted molar refractivity (Wildman–Crippen MR) is 82.8 cm³/mol. The summed E-state index contributed by atoms with van der Waals surface area (Å²) < 4.78 is 10.7. The van der Waals surface area contributed by atoms with Gasteiger partial charge in [0.2, 0.25) is 0 Å². The summed E-state index contributed by atoms with van der Waals surface area (Å²) in [5.74, 6) is 0.473. The van der Waals surface area contributed by atoms with Gasteiger partial charge in [-0.3, -0.25) is 10.1 Å². The summed E-state index contributed by atoms with van der Waals surface area (Å²) in [6.45, 7) is 13.1. The van der Waals surface area contributed by atoms with Crippen molar-refractivity contribution in [1.29, 1.82) is 0 Å². The number of hydrogen-bond acceptors (Lipinski definition) is 4. The number of nitrogens with one attached hydrogen (secondary N) is 1. The first kappa shape index (κ1) is 19.4. The van der Waals surface area contributed by atoms with Crippen LogP contribution < -0.4 is 5.32 Å². The maximum absolute atomic E-state index is 12.0. The summed E-state index contributed by atoms with van der Waals surface area (Å²) in [6, 6.07) is 0.215. The fourth-order valence-corrected chi connectivity index (χ4v) is 2.47. The largest absolute Gasteiger partial charge is 0.468 e. The first-order valence-electron chi connectivity index (χ1n) is 7.69. The Labute approximate surface area is 124 Å². The summed E-state index contributed by atoms with van der Waals surface area (Å²) in [5.41, 5.74) is -0.694. The predicted octanol–water partition coefficient (Wildman–Crippen LogP) is 3.15. The lowest BCUT2D eigenvalue weighted by Gasteiger charge is -2.32. The molecule has 0 fully saturated rings. The van der Waals surface area contributed by atoms with Gasteiger partial charge in [0, 0.05) is 19.1 Å². The summed E-state index contributed by atoms with van der Waals surface area (Å²) in [7, 11) is 1.43. The molecule has 4 nitrogen and oxygen atoms in total. The Bertz CT molecular complexity index is 279. The zero-order valence-electron chi connectivity index (χ0n) is 14.3. The fourth-order valence-electron chi connectivity index (χ4n) is 2.47. The van der Waals surface area contributed by atoms with Crippen molar-refractivity contribution in [2.24, 2.45) is 5.92 Å². The Morgan fingerprint density at radius 2 is 1.80 bits per heavy atom. The Morgan fingerprint density at radius 3 is 2.25 bits per heavy atom. The lowest BCUT2D eigenvalue weighted by Crippen LogP contribution is -2.54. The molecule has 0 aromatic heterocycles. The van der Waals surface area contributed by atoms with Gasteiger partial charge in [-0.15, -0.1) is 0 Å². The molecule has 20 heavy (non-hydrogen) atoms. The summed E-state index contributed by atoms with van der Waals surface area (Å²) in [4.78, 5) is 12.0. The number of rotatable bonds is 10. The van der Waals surface area contributed by atoms with E-state index >= 15 is 0 Å². The van der Waals surface area contributed by atoms with Crippen LogP contribution in [-0.4, -0.2) is 37.4 Å². The number of carbonyl (C=O) groups is 1. The highest BCUT2D eigenvalue weighted by Crippen LogP contribution is 2.18.